The number of halogens is 1. The Kier molecular flexibility index (Phi) is 5.21. The quantitative estimate of drug-likeness (QED) is 0.781. The van der Waals surface area contributed by atoms with Crippen molar-refractivity contribution in [1.29, 1.82) is 0 Å². The third kappa shape index (κ3) is 3.89. The summed E-state index contributed by atoms with van der Waals surface area (Å²) < 4.78 is 10.2. The second kappa shape index (κ2) is 6.44. The maximum absolute atomic E-state index is 12.0. The number of carbonyl (C=O) groups is 2. The topological polar surface area (TPSA) is 59.8 Å². The molecule has 1 amide bonds. The molecule has 1 rings (SSSR count). The number of esters is 1. The average Bonchev–Trinajstić information content (AvgIpc) is 2.74. The zero-order chi connectivity index (χ0) is 12.8. The molecule has 1 heterocycles. The van der Waals surface area contributed by atoms with E-state index in [4.69, 9.17) is 4.42 Å². The lowest BCUT2D eigenvalue weighted by Crippen LogP contribution is -2.36. The molecule has 0 aliphatic heterocycles. The number of hydrogen-bond donors (Lipinski definition) is 0. The minimum Gasteiger partial charge on any atom is -0.468 e. The minimum atomic E-state index is -0.447. The van der Waals surface area contributed by atoms with Crippen molar-refractivity contribution in [3.63, 3.8) is 0 Å². The fourth-order valence-electron chi connectivity index (χ4n) is 1.33. The van der Waals surface area contributed by atoms with E-state index in [1.165, 1.54) is 12.0 Å². The normalized spacial score (nSPS) is 10.1. The Hall–Kier alpha value is -1.30. The molecule has 6 heteroatoms. The molecule has 0 radical (unpaired) electrons. The fourth-order valence-corrected chi connectivity index (χ4v) is 1.63. The van der Waals surface area contributed by atoms with Crippen molar-refractivity contribution in [2.45, 2.75) is 13.3 Å². The Morgan fingerprint density at radius 1 is 1.47 bits per heavy atom. The molecular formula is C11H14BrNO4. The Morgan fingerprint density at radius 2 is 2.18 bits per heavy atom. The van der Waals surface area contributed by atoms with E-state index in [-0.39, 0.29) is 18.2 Å². The number of rotatable bonds is 5. The van der Waals surface area contributed by atoms with Crippen molar-refractivity contribution in [2.24, 2.45) is 0 Å². The predicted molar refractivity (Wildman–Crippen MR) is 64.6 cm³/mol. The summed E-state index contributed by atoms with van der Waals surface area (Å²) >= 11 is 3.12. The molecule has 0 aliphatic carbocycles. The van der Waals surface area contributed by atoms with Gasteiger partial charge >= 0.3 is 5.97 Å². The Labute approximate surface area is 108 Å². The van der Waals surface area contributed by atoms with Crippen LogP contribution < -0.4 is 0 Å². The number of nitrogens with zero attached hydrogens (tertiary/aromatic N) is 1. The van der Waals surface area contributed by atoms with Crippen LogP contribution in [0.15, 0.2) is 21.2 Å². The van der Waals surface area contributed by atoms with Crippen LogP contribution in [0.2, 0.25) is 0 Å². The number of methoxy groups -OCH3 is 1. The van der Waals surface area contributed by atoms with Gasteiger partial charge in [-0.2, -0.15) is 0 Å². The molecule has 0 atom stereocenters. The van der Waals surface area contributed by atoms with E-state index in [2.05, 4.69) is 20.7 Å². The van der Waals surface area contributed by atoms with E-state index in [0.29, 0.717) is 11.2 Å². The molecule has 0 fully saturated rings. The van der Waals surface area contributed by atoms with Crippen LogP contribution in [0.1, 0.15) is 23.9 Å². The summed E-state index contributed by atoms with van der Waals surface area (Å²) in [4.78, 5) is 24.6. The Morgan fingerprint density at radius 3 is 2.65 bits per heavy atom. The average molecular weight is 304 g/mol. The summed E-state index contributed by atoms with van der Waals surface area (Å²) in [5.41, 5.74) is 0. The molecule has 5 nitrogen and oxygen atoms in total. The first-order chi connectivity index (χ1) is 8.08. The molecule has 94 valence electrons. The molecule has 0 spiro atoms. The van der Waals surface area contributed by atoms with Gasteiger partial charge in [0.1, 0.15) is 6.54 Å². The zero-order valence-corrected chi connectivity index (χ0v) is 11.3. The summed E-state index contributed by atoms with van der Waals surface area (Å²) in [5.74, 6) is -0.561. The molecule has 1 aromatic rings. The molecule has 0 saturated heterocycles. The second-order valence-corrected chi connectivity index (χ2v) is 4.19. The highest BCUT2D eigenvalue weighted by atomic mass is 79.9. The van der Waals surface area contributed by atoms with Gasteiger partial charge in [0, 0.05) is 6.54 Å². The third-order valence-corrected chi connectivity index (χ3v) is 2.54. The lowest BCUT2D eigenvalue weighted by molar-refractivity contribution is -0.141. The second-order valence-electron chi connectivity index (χ2n) is 3.41. The van der Waals surface area contributed by atoms with E-state index >= 15 is 0 Å². The molecule has 0 aliphatic rings. The van der Waals surface area contributed by atoms with Crippen LogP contribution in [-0.4, -0.2) is 37.0 Å². The molecule has 17 heavy (non-hydrogen) atoms. The number of amides is 1. The largest absolute Gasteiger partial charge is 0.468 e. The SMILES string of the molecule is CCCN(CC(=O)OC)C(=O)c1ccc(Br)o1. The van der Waals surface area contributed by atoms with E-state index in [0.717, 1.165) is 6.42 Å². The zero-order valence-electron chi connectivity index (χ0n) is 9.73. The third-order valence-electron chi connectivity index (χ3n) is 2.11. The van der Waals surface area contributed by atoms with Crippen LogP contribution in [0.3, 0.4) is 0 Å². The molecular weight excluding hydrogens is 290 g/mol. The van der Waals surface area contributed by atoms with Gasteiger partial charge in [-0.1, -0.05) is 6.92 Å². The van der Waals surface area contributed by atoms with Crippen LogP contribution in [-0.2, 0) is 9.53 Å². The van der Waals surface area contributed by atoms with Crippen molar-refractivity contribution < 1.29 is 18.7 Å². The highest BCUT2D eigenvalue weighted by Gasteiger charge is 2.21. The van der Waals surface area contributed by atoms with Crippen molar-refractivity contribution >= 4 is 27.8 Å². The first-order valence-corrected chi connectivity index (χ1v) is 5.99. The van der Waals surface area contributed by atoms with Crippen LogP contribution in [0.5, 0.6) is 0 Å². The van der Waals surface area contributed by atoms with E-state index < -0.39 is 5.97 Å². The van der Waals surface area contributed by atoms with Gasteiger partial charge in [-0.25, -0.2) is 0 Å². The van der Waals surface area contributed by atoms with E-state index in [1.54, 1.807) is 12.1 Å². The Bertz CT molecular complexity index is 402. The van der Waals surface area contributed by atoms with Gasteiger partial charge in [0.05, 0.1) is 7.11 Å². The minimum absolute atomic E-state index is 0.0680. The van der Waals surface area contributed by atoms with Crippen molar-refractivity contribution in [1.82, 2.24) is 4.90 Å². The van der Waals surface area contributed by atoms with Crippen LogP contribution in [0.25, 0.3) is 0 Å². The Balaban J connectivity index is 2.76. The molecule has 0 N–H and O–H groups in total. The number of ether oxygens (including phenoxy) is 1. The molecule has 1 aromatic heterocycles. The maximum atomic E-state index is 12.0. The van der Waals surface area contributed by atoms with Gasteiger partial charge in [-0.15, -0.1) is 0 Å². The predicted octanol–water partition coefficient (Wildman–Crippen LogP) is 2.07. The summed E-state index contributed by atoms with van der Waals surface area (Å²) in [6, 6.07) is 3.20. The molecule has 0 saturated carbocycles. The van der Waals surface area contributed by atoms with Gasteiger partial charge in [0.15, 0.2) is 10.4 Å². The fraction of sp³-hybridized carbons (Fsp3) is 0.455. The summed E-state index contributed by atoms with van der Waals surface area (Å²) in [6.07, 6.45) is 0.755. The number of furan rings is 1. The van der Waals surface area contributed by atoms with Gasteiger partial charge in [-0.05, 0) is 34.5 Å². The highest BCUT2D eigenvalue weighted by Crippen LogP contribution is 2.16. The molecule has 0 unspecified atom stereocenters. The van der Waals surface area contributed by atoms with Gasteiger partial charge < -0.3 is 14.1 Å². The van der Waals surface area contributed by atoms with Crippen LogP contribution in [0, 0.1) is 0 Å². The summed E-state index contributed by atoms with van der Waals surface area (Å²) in [7, 11) is 1.29. The number of hydrogen-bond acceptors (Lipinski definition) is 4. The van der Waals surface area contributed by atoms with Crippen LogP contribution in [0.4, 0.5) is 0 Å². The van der Waals surface area contributed by atoms with E-state index in [9.17, 15) is 9.59 Å². The molecule has 0 bridgehead atoms. The number of carbonyl (C=O) groups excluding carboxylic acids is 2. The monoisotopic (exact) mass is 303 g/mol. The first kappa shape index (κ1) is 13.8. The van der Waals surface area contributed by atoms with Gasteiger partial charge in [0.2, 0.25) is 0 Å². The first-order valence-electron chi connectivity index (χ1n) is 5.20. The van der Waals surface area contributed by atoms with Crippen molar-refractivity contribution in [2.75, 3.05) is 20.2 Å². The van der Waals surface area contributed by atoms with Gasteiger partial charge in [0.25, 0.3) is 5.91 Å². The van der Waals surface area contributed by atoms with E-state index in [1.807, 2.05) is 6.92 Å². The van der Waals surface area contributed by atoms with Crippen molar-refractivity contribution in [3.05, 3.63) is 22.6 Å². The summed E-state index contributed by atoms with van der Waals surface area (Å²) in [6.45, 7) is 2.34. The summed E-state index contributed by atoms with van der Waals surface area (Å²) in [5, 5.41) is 0. The molecule has 0 aromatic carbocycles. The standard InChI is InChI=1S/C11H14BrNO4/c1-3-6-13(7-10(14)16-2)11(15)8-4-5-9(12)17-8/h4-5H,3,6-7H2,1-2H3. The highest BCUT2D eigenvalue weighted by molar-refractivity contribution is 9.10. The lowest BCUT2D eigenvalue weighted by Gasteiger charge is -2.19. The van der Waals surface area contributed by atoms with Gasteiger partial charge in [-0.3, -0.25) is 9.59 Å². The smallest absolute Gasteiger partial charge is 0.325 e. The van der Waals surface area contributed by atoms with Crippen LogP contribution >= 0.6 is 15.9 Å². The van der Waals surface area contributed by atoms with Crippen molar-refractivity contribution in [3.8, 4) is 0 Å². The maximum Gasteiger partial charge on any atom is 0.325 e. The lowest BCUT2D eigenvalue weighted by atomic mass is 10.3.